The molecule has 1 aromatic rings. The van der Waals surface area contributed by atoms with Crippen molar-refractivity contribution in [3.05, 3.63) is 17.8 Å². The number of hydrogen-bond acceptors (Lipinski definition) is 3. The third-order valence-corrected chi connectivity index (χ3v) is 5.80. The van der Waals surface area contributed by atoms with Crippen LogP contribution in [0.2, 0.25) is 0 Å². The van der Waals surface area contributed by atoms with Crippen LogP contribution in [0.4, 0.5) is 11.5 Å². The Labute approximate surface area is 141 Å². The van der Waals surface area contributed by atoms with Crippen molar-refractivity contribution in [3.8, 4) is 0 Å². The quantitative estimate of drug-likeness (QED) is 0.828. The fourth-order valence-corrected chi connectivity index (χ4v) is 4.16. The van der Waals surface area contributed by atoms with Gasteiger partial charge >= 0.3 is 0 Å². The minimum Gasteiger partial charge on any atom is -0.383 e. The van der Waals surface area contributed by atoms with E-state index in [-0.39, 0.29) is 0 Å². The Kier molecular flexibility index (Phi) is 5.80. The fraction of sp³-hybridized carbons (Fsp3) is 0.750. The number of rotatable bonds is 5. The van der Waals surface area contributed by atoms with Crippen LogP contribution in [0.15, 0.2) is 12.1 Å². The van der Waals surface area contributed by atoms with Crippen LogP contribution in [-0.2, 0) is 0 Å². The van der Waals surface area contributed by atoms with Crippen molar-refractivity contribution in [2.24, 2.45) is 11.8 Å². The van der Waals surface area contributed by atoms with Gasteiger partial charge in [0.1, 0.15) is 5.82 Å². The molecule has 1 N–H and O–H groups in total. The molecule has 1 atom stereocenters. The number of aryl methyl sites for hydroxylation is 1. The molecule has 3 rings (SSSR count). The maximum Gasteiger partial charge on any atom is 0.128 e. The summed E-state index contributed by atoms with van der Waals surface area (Å²) < 4.78 is 0. The molecule has 0 amide bonds. The lowest BCUT2D eigenvalue weighted by atomic mass is 9.89. The molecule has 0 spiro atoms. The van der Waals surface area contributed by atoms with Gasteiger partial charge in [0, 0.05) is 19.6 Å². The van der Waals surface area contributed by atoms with Gasteiger partial charge in [-0.1, -0.05) is 32.6 Å². The van der Waals surface area contributed by atoms with E-state index in [0.29, 0.717) is 0 Å². The number of anilines is 2. The first-order valence-corrected chi connectivity index (χ1v) is 9.72. The first kappa shape index (κ1) is 16.6. The van der Waals surface area contributed by atoms with E-state index in [1.807, 2.05) is 0 Å². The first-order valence-electron chi connectivity index (χ1n) is 9.72. The van der Waals surface area contributed by atoms with Gasteiger partial charge in [0.05, 0.1) is 11.4 Å². The maximum absolute atomic E-state index is 4.89. The summed E-state index contributed by atoms with van der Waals surface area (Å²) in [7, 11) is 0. The van der Waals surface area contributed by atoms with Gasteiger partial charge in [-0.15, -0.1) is 0 Å². The van der Waals surface area contributed by atoms with Crippen LogP contribution in [0.3, 0.4) is 0 Å². The average molecular weight is 316 g/mol. The van der Waals surface area contributed by atoms with Crippen molar-refractivity contribution < 1.29 is 0 Å². The summed E-state index contributed by atoms with van der Waals surface area (Å²) in [5.74, 6) is 2.87. The molecule has 2 aliphatic rings. The number of piperidine rings is 1. The van der Waals surface area contributed by atoms with Crippen molar-refractivity contribution in [1.29, 1.82) is 0 Å². The lowest BCUT2D eigenvalue weighted by Gasteiger charge is -2.33. The summed E-state index contributed by atoms with van der Waals surface area (Å²) in [6, 6.07) is 4.46. The lowest BCUT2D eigenvalue weighted by Crippen LogP contribution is -2.35. The lowest BCUT2D eigenvalue weighted by molar-refractivity contribution is 0.373. The second kappa shape index (κ2) is 8.03. The third kappa shape index (κ3) is 4.39. The van der Waals surface area contributed by atoms with Crippen LogP contribution in [0.5, 0.6) is 0 Å². The van der Waals surface area contributed by atoms with E-state index >= 15 is 0 Å². The van der Waals surface area contributed by atoms with Crippen LogP contribution in [0.25, 0.3) is 0 Å². The van der Waals surface area contributed by atoms with Crippen molar-refractivity contribution >= 4 is 11.5 Å². The number of aromatic nitrogens is 1. The number of hydrogen-bond donors (Lipinski definition) is 1. The SMILES string of the molecule is CCC1CCCN(c2ccc(NCC3CCCCC3)c(C)n2)C1. The molecule has 3 nitrogen and oxygen atoms in total. The Morgan fingerprint density at radius 2 is 1.87 bits per heavy atom. The van der Waals surface area contributed by atoms with Crippen molar-refractivity contribution in [2.45, 2.75) is 65.2 Å². The molecule has 1 aliphatic heterocycles. The number of pyridine rings is 1. The Hall–Kier alpha value is -1.25. The van der Waals surface area contributed by atoms with Gasteiger partial charge in [0.2, 0.25) is 0 Å². The van der Waals surface area contributed by atoms with E-state index in [1.165, 1.54) is 69.4 Å². The standard InChI is InChI=1S/C20H33N3/c1-3-17-10-7-13-23(15-17)20-12-11-19(16(2)22-20)21-14-18-8-5-4-6-9-18/h11-12,17-18,21H,3-10,13-15H2,1-2H3. The van der Waals surface area contributed by atoms with E-state index in [4.69, 9.17) is 4.98 Å². The maximum atomic E-state index is 4.89. The zero-order valence-electron chi connectivity index (χ0n) is 15.0. The van der Waals surface area contributed by atoms with Gasteiger partial charge < -0.3 is 10.2 Å². The second-order valence-electron chi connectivity index (χ2n) is 7.55. The highest BCUT2D eigenvalue weighted by Crippen LogP contribution is 2.27. The fourth-order valence-electron chi connectivity index (χ4n) is 4.16. The normalized spacial score (nSPS) is 23.0. The van der Waals surface area contributed by atoms with Crippen LogP contribution in [0, 0.1) is 18.8 Å². The van der Waals surface area contributed by atoms with E-state index in [9.17, 15) is 0 Å². The van der Waals surface area contributed by atoms with Crippen LogP contribution >= 0.6 is 0 Å². The molecule has 1 saturated heterocycles. The molecule has 1 saturated carbocycles. The molecular formula is C20H33N3. The third-order valence-electron chi connectivity index (χ3n) is 5.80. The Morgan fingerprint density at radius 1 is 1.09 bits per heavy atom. The summed E-state index contributed by atoms with van der Waals surface area (Å²) in [5, 5.41) is 3.65. The smallest absolute Gasteiger partial charge is 0.128 e. The summed E-state index contributed by atoms with van der Waals surface area (Å²) in [4.78, 5) is 7.37. The molecule has 0 radical (unpaired) electrons. The van der Waals surface area contributed by atoms with Gasteiger partial charge in [-0.3, -0.25) is 0 Å². The molecule has 2 heterocycles. The molecule has 0 aromatic carbocycles. The van der Waals surface area contributed by atoms with Crippen LogP contribution < -0.4 is 10.2 Å². The second-order valence-corrected chi connectivity index (χ2v) is 7.55. The Morgan fingerprint density at radius 3 is 2.61 bits per heavy atom. The van der Waals surface area contributed by atoms with Crippen LogP contribution in [-0.4, -0.2) is 24.6 Å². The minimum atomic E-state index is 0.843. The van der Waals surface area contributed by atoms with Crippen molar-refractivity contribution in [3.63, 3.8) is 0 Å². The summed E-state index contributed by atoms with van der Waals surface area (Å²) in [6.45, 7) is 7.91. The van der Waals surface area contributed by atoms with Crippen LogP contribution in [0.1, 0.15) is 64.0 Å². The first-order chi connectivity index (χ1) is 11.3. The van der Waals surface area contributed by atoms with E-state index in [1.54, 1.807) is 0 Å². The molecular weight excluding hydrogens is 282 g/mol. The summed E-state index contributed by atoms with van der Waals surface area (Å²) in [6.07, 6.45) is 11.0. The van der Waals surface area contributed by atoms with E-state index < -0.39 is 0 Å². The summed E-state index contributed by atoms with van der Waals surface area (Å²) in [5.41, 5.74) is 2.38. The highest BCUT2D eigenvalue weighted by Gasteiger charge is 2.20. The monoisotopic (exact) mass is 315 g/mol. The zero-order chi connectivity index (χ0) is 16.1. The van der Waals surface area contributed by atoms with Crippen molar-refractivity contribution in [2.75, 3.05) is 29.9 Å². The Bertz CT molecular complexity index is 494. The van der Waals surface area contributed by atoms with Gasteiger partial charge in [-0.05, 0) is 56.6 Å². The highest BCUT2D eigenvalue weighted by atomic mass is 15.2. The van der Waals surface area contributed by atoms with Gasteiger partial charge in [0.15, 0.2) is 0 Å². The average Bonchev–Trinajstić information content (AvgIpc) is 2.61. The summed E-state index contributed by atoms with van der Waals surface area (Å²) >= 11 is 0. The molecule has 0 bridgehead atoms. The molecule has 2 fully saturated rings. The molecule has 1 aliphatic carbocycles. The number of nitrogens with one attached hydrogen (secondary N) is 1. The zero-order valence-corrected chi connectivity index (χ0v) is 15.0. The minimum absolute atomic E-state index is 0.843. The largest absolute Gasteiger partial charge is 0.383 e. The highest BCUT2D eigenvalue weighted by molar-refractivity contribution is 5.53. The molecule has 128 valence electrons. The van der Waals surface area contributed by atoms with Gasteiger partial charge in [-0.2, -0.15) is 0 Å². The van der Waals surface area contributed by atoms with Gasteiger partial charge in [0.25, 0.3) is 0 Å². The van der Waals surface area contributed by atoms with Gasteiger partial charge in [-0.25, -0.2) is 4.98 Å². The molecule has 1 unspecified atom stereocenters. The number of nitrogens with zero attached hydrogens (tertiary/aromatic N) is 2. The van der Waals surface area contributed by atoms with E-state index in [2.05, 4.69) is 36.2 Å². The predicted octanol–water partition coefficient (Wildman–Crippen LogP) is 5.01. The predicted molar refractivity (Wildman–Crippen MR) is 99.3 cm³/mol. The van der Waals surface area contributed by atoms with E-state index in [0.717, 1.165) is 30.6 Å². The molecule has 23 heavy (non-hydrogen) atoms. The Balaban J connectivity index is 1.58. The molecule has 3 heteroatoms. The topological polar surface area (TPSA) is 28.2 Å². The molecule has 1 aromatic heterocycles. The van der Waals surface area contributed by atoms with Crippen molar-refractivity contribution in [1.82, 2.24) is 4.98 Å².